The minimum Gasteiger partial charge on any atom is -0.408 e. The summed E-state index contributed by atoms with van der Waals surface area (Å²) < 4.78 is 5.29. The number of amides is 1. The first-order valence-corrected chi connectivity index (χ1v) is 9.45. The second-order valence-corrected chi connectivity index (χ2v) is 7.37. The number of anilines is 2. The van der Waals surface area contributed by atoms with Crippen molar-refractivity contribution in [1.82, 2.24) is 15.1 Å². The van der Waals surface area contributed by atoms with Crippen molar-refractivity contribution in [3.05, 3.63) is 17.7 Å². The summed E-state index contributed by atoms with van der Waals surface area (Å²) >= 11 is 0. The third-order valence-corrected chi connectivity index (χ3v) is 5.59. The number of nitrogens with zero attached hydrogens (tertiary/aromatic N) is 3. The second kappa shape index (κ2) is 8.14. The first-order valence-electron chi connectivity index (χ1n) is 9.45. The standard InChI is InChI=1S/C19H31N5O2/c1-14-12-16(20)18(26-19(25)21-2)13-17(14)24-6-4-15(5-7-24)23-10-8-22(3)9-11-23/h12-13,15H,4-11,20H2,1-3H3,(H,21,25). The van der Waals surface area contributed by atoms with Crippen LogP contribution in [0.2, 0.25) is 0 Å². The van der Waals surface area contributed by atoms with Crippen LogP contribution in [0.3, 0.4) is 0 Å². The molecule has 1 aromatic carbocycles. The molecule has 0 bridgehead atoms. The number of hydrogen-bond donors (Lipinski definition) is 2. The van der Waals surface area contributed by atoms with Crippen molar-refractivity contribution in [2.24, 2.45) is 0 Å². The van der Waals surface area contributed by atoms with Crippen molar-refractivity contribution >= 4 is 17.5 Å². The molecule has 144 valence electrons. The van der Waals surface area contributed by atoms with E-state index in [1.54, 1.807) is 0 Å². The Morgan fingerprint density at radius 1 is 1.15 bits per heavy atom. The fourth-order valence-corrected chi connectivity index (χ4v) is 3.94. The molecular weight excluding hydrogens is 330 g/mol. The summed E-state index contributed by atoms with van der Waals surface area (Å²) in [6.07, 6.45) is 1.83. The number of piperidine rings is 1. The molecule has 3 rings (SSSR count). The predicted molar refractivity (Wildman–Crippen MR) is 105 cm³/mol. The molecule has 0 aliphatic carbocycles. The lowest BCUT2D eigenvalue weighted by molar-refractivity contribution is 0.0982. The number of benzene rings is 1. The number of piperazine rings is 1. The Hall–Kier alpha value is -1.99. The van der Waals surface area contributed by atoms with Gasteiger partial charge in [-0.15, -0.1) is 0 Å². The highest BCUT2D eigenvalue weighted by molar-refractivity contribution is 5.75. The van der Waals surface area contributed by atoms with Gasteiger partial charge in [-0.2, -0.15) is 0 Å². The van der Waals surface area contributed by atoms with E-state index < -0.39 is 6.09 Å². The van der Waals surface area contributed by atoms with Gasteiger partial charge in [0.15, 0.2) is 5.75 Å². The highest BCUT2D eigenvalue weighted by atomic mass is 16.6. The number of likely N-dealkylation sites (N-methyl/N-ethyl adjacent to an activating group) is 1. The zero-order valence-corrected chi connectivity index (χ0v) is 16.1. The molecule has 3 N–H and O–H groups in total. The van der Waals surface area contributed by atoms with Crippen molar-refractivity contribution in [3.63, 3.8) is 0 Å². The molecule has 7 nitrogen and oxygen atoms in total. The summed E-state index contributed by atoms with van der Waals surface area (Å²) in [4.78, 5) is 19.0. The zero-order valence-electron chi connectivity index (χ0n) is 16.1. The summed E-state index contributed by atoms with van der Waals surface area (Å²) in [6, 6.07) is 4.46. The lowest BCUT2D eigenvalue weighted by Gasteiger charge is -2.43. The van der Waals surface area contributed by atoms with E-state index in [-0.39, 0.29) is 0 Å². The van der Waals surface area contributed by atoms with Crippen LogP contribution in [0.25, 0.3) is 0 Å². The molecule has 0 atom stereocenters. The topological polar surface area (TPSA) is 74.1 Å². The third kappa shape index (κ3) is 4.22. The molecule has 2 aliphatic rings. The largest absolute Gasteiger partial charge is 0.412 e. The Balaban J connectivity index is 1.65. The van der Waals surface area contributed by atoms with Gasteiger partial charge >= 0.3 is 6.09 Å². The van der Waals surface area contributed by atoms with Crippen LogP contribution in [0.1, 0.15) is 18.4 Å². The molecule has 1 aromatic rings. The van der Waals surface area contributed by atoms with Gasteiger partial charge in [0.05, 0.1) is 5.69 Å². The first kappa shape index (κ1) is 18.8. The van der Waals surface area contributed by atoms with Crippen molar-refractivity contribution in [2.45, 2.75) is 25.8 Å². The smallest absolute Gasteiger partial charge is 0.408 e. The van der Waals surface area contributed by atoms with E-state index >= 15 is 0 Å². The molecule has 26 heavy (non-hydrogen) atoms. The SMILES string of the molecule is CNC(=O)Oc1cc(N2CCC(N3CCN(C)CC3)CC2)c(C)cc1N. The highest BCUT2D eigenvalue weighted by Gasteiger charge is 2.27. The number of rotatable bonds is 3. The summed E-state index contributed by atoms with van der Waals surface area (Å²) in [5, 5.41) is 2.46. The van der Waals surface area contributed by atoms with Gasteiger partial charge in [-0.1, -0.05) is 0 Å². The summed E-state index contributed by atoms with van der Waals surface area (Å²) in [6.45, 7) is 8.76. The lowest BCUT2D eigenvalue weighted by Crippen LogP contribution is -2.52. The maximum Gasteiger partial charge on any atom is 0.412 e. The molecule has 1 amide bonds. The van der Waals surface area contributed by atoms with Crippen LogP contribution >= 0.6 is 0 Å². The van der Waals surface area contributed by atoms with Crippen molar-refractivity contribution in [3.8, 4) is 5.75 Å². The van der Waals surface area contributed by atoms with Crippen molar-refractivity contribution in [2.75, 3.05) is 64.0 Å². The van der Waals surface area contributed by atoms with Crippen LogP contribution in [0, 0.1) is 6.92 Å². The van der Waals surface area contributed by atoms with Gasteiger partial charge in [-0.05, 0) is 38.4 Å². The number of nitrogen functional groups attached to an aromatic ring is 1. The van der Waals surface area contributed by atoms with E-state index in [0.29, 0.717) is 17.5 Å². The van der Waals surface area contributed by atoms with Crippen LogP contribution in [-0.2, 0) is 0 Å². The Bertz CT molecular complexity index is 635. The molecule has 2 saturated heterocycles. The van der Waals surface area contributed by atoms with Gasteiger partial charge in [-0.25, -0.2) is 4.79 Å². The normalized spacial score (nSPS) is 20.2. The Morgan fingerprint density at radius 2 is 1.81 bits per heavy atom. The molecule has 7 heteroatoms. The molecular formula is C19H31N5O2. The molecule has 0 radical (unpaired) electrons. The summed E-state index contributed by atoms with van der Waals surface area (Å²) in [5.41, 5.74) is 8.73. The fourth-order valence-electron chi connectivity index (χ4n) is 3.94. The zero-order chi connectivity index (χ0) is 18.7. The maximum absolute atomic E-state index is 11.5. The minimum absolute atomic E-state index is 0.422. The van der Waals surface area contributed by atoms with E-state index in [4.69, 9.17) is 10.5 Å². The van der Waals surface area contributed by atoms with Gasteiger partial charge in [-0.3, -0.25) is 4.90 Å². The number of nitrogens with two attached hydrogens (primary N) is 1. The lowest BCUT2D eigenvalue weighted by atomic mass is 10.0. The van der Waals surface area contributed by atoms with Crippen LogP contribution in [0.15, 0.2) is 12.1 Å². The molecule has 2 fully saturated rings. The minimum atomic E-state index is -0.500. The summed E-state index contributed by atoms with van der Waals surface area (Å²) in [5.74, 6) is 0.422. The average molecular weight is 361 g/mol. The van der Waals surface area contributed by atoms with E-state index in [9.17, 15) is 4.79 Å². The van der Waals surface area contributed by atoms with Gasteiger partial charge in [0, 0.05) is 64.1 Å². The number of carbonyl (C=O) groups is 1. The Morgan fingerprint density at radius 3 is 2.42 bits per heavy atom. The molecule has 0 unspecified atom stereocenters. The Labute approximate surface area is 156 Å². The summed E-state index contributed by atoms with van der Waals surface area (Å²) in [7, 11) is 3.74. The van der Waals surface area contributed by atoms with Gasteiger partial charge in [0.2, 0.25) is 0 Å². The fraction of sp³-hybridized carbons (Fsp3) is 0.632. The van der Waals surface area contributed by atoms with E-state index in [1.807, 2.05) is 12.1 Å². The predicted octanol–water partition coefficient (Wildman–Crippen LogP) is 1.51. The van der Waals surface area contributed by atoms with Crippen molar-refractivity contribution < 1.29 is 9.53 Å². The maximum atomic E-state index is 11.5. The monoisotopic (exact) mass is 361 g/mol. The van der Waals surface area contributed by atoms with Gasteiger partial charge in [0.25, 0.3) is 0 Å². The van der Waals surface area contributed by atoms with Crippen LogP contribution in [0.4, 0.5) is 16.2 Å². The molecule has 2 aliphatic heterocycles. The quantitative estimate of drug-likeness (QED) is 0.795. The number of hydrogen-bond acceptors (Lipinski definition) is 6. The first-order chi connectivity index (χ1) is 12.5. The molecule has 0 spiro atoms. The van der Waals surface area contributed by atoms with Gasteiger partial charge < -0.3 is 25.6 Å². The van der Waals surface area contributed by atoms with E-state index in [2.05, 4.69) is 34.0 Å². The number of ether oxygens (including phenoxy) is 1. The van der Waals surface area contributed by atoms with Crippen molar-refractivity contribution in [1.29, 1.82) is 0 Å². The van der Waals surface area contributed by atoms with Gasteiger partial charge in [0.1, 0.15) is 0 Å². The van der Waals surface area contributed by atoms with E-state index in [0.717, 1.165) is 37.4 Å². The Kier molecular flexibility index (Phi) is 5.88. The van der Waals surface area contributed by atoms with Crippen LogP contribution in [0.5, 0.6) is 5.75 Å². The van der Waals surface area contributed by atoms with Crippen LogP contribution < -0.4 is 20.7 Å². The number of nitrogens with one attached hydrogen (secondary N) is 1. The second-order valence-electron chi connectivity index (χ2n) is 7.37. The molecule has 2 heterocycles. The number of carbonyl (C=O) groups excluding carboxylic acids is 1. The third-order valence-electron chi connectivity index (χ3n) is 5.59. The highest BCUT2D eigenvalue weighted by Crippen LogP contribution is 2.33. The molecule has 0 saturated carbocycles. The molecule has 0 aromatic heterocycles. The van der Waals surface area contributed by atoms with Crippen LogP contribution in [-0.4, -0.2) is 75.3 Å². The average Bonchev–Trinajstić information content (AvgIpc) is 2.64. The van der Waals surface area contributed by atoms with E-state index in [1.165, 1.54) is 33.0 Å². The number of aryl methyl sites for hydroxylation is 1.